The predicted molar refractivity (Wildman–Crippen MR) is 111 cm³/mol. The van der Waals surface area contributed by atoms with Crippen LogP contribution in [-0.4, -0.2) is 37.7 Å². The second-order valence-electron chi connectivity index (χ2n) is 6.50. The van der Waals surface area contributed by atoms with Gasteiger partial charge in [-0.3, -0.25) is 9.59 Å². The first-order valence-corrected chi connectivity index (χ1v) is 9.71. The Kier molecular flexibility index (Phi) is 9.88. The Morgan fingerprint density at radius 2 is 1.43 bits per heavy atom. The van der Waals surface area contributed by atoms with Crippen LogP contribution in [0.4, 0.5) is 4.79 Å². The first-order valence-electron chi connectivity index (χ1n) is 9.71. The monoisotopic (exact) mass is 413 g/mol. The Morgan fingerprint density at radius 1 is 0.800 bits per heavy atom. The summed E-state index contributed by atoms with van der Waals surface area (Å²) >= 11 is 0. The van der Waals surface area contributed by atoms with E-state index in [1.165, 1.54) is 0 Å². The number of benzene rings is 2. The van der Waals surface area contributed by atoms with Gasteiger partial charge < -0.3 is 25.8 Å². The minimum absolute atomic E-state index is 0.0113. The minimum atomic E-state index is -0.600. The van der Waals surface area contributed by atoms with E-state index in [9.17, 15) is 14.4 Å². The van der Waals surface area contributed by atoms with Crippen LogP contribution in [0.25, 0.3) is 0 Å². The molecule has 2 aromatic rings. The number of alkyl carbamates (subject to hydrolysis) is 1. The summed E-state index contributed by atoms with van der Waals surface area (Å²) in [7, 11) is 0. The summed E-state index contributed by atoms with van der Waals surface area (Å²) in [6.45, 7) is 0.569. The molecule has 0 aliphatic rings. The van der Waals surface area contributed by atoms with Crippen LogP contribution in [-0.2, 0) is 38.6 Å². The summed E-state index contributed by atoms with van der Waals surface area (Å²) in [4.78, 5) is 34.7. The first-order chi connectivity index (χ1) is 14.6. The molecule has 160 valence electrons. The van der Waals surface area contributed by atoms with Gasteiger partial charge in [-0.1, -0.05) is 54.6 Å². The van der Waals surface area contributed by atoms with Gasteiger partial charge in [-0.2, -0.15) is 0 Å². The van der Waals surface area contributed by atoms with Gasteiger partial charge in [0.25, 0.3) is 0 Å². The van der Waals surface area contributed by atoms with Gasteiger partial charge in [-0.15, -0.1) is 0 Å². The maximum absolute atomic E-state index is 11.8. The topological polar surface area (TPSA) is 120 Å². The van der Waals surface area contributed by atoms with Crippen molar-refractivity contribution >= 4 is 18.0 Å². The molecule has 8 heteroatoms. The van der Waals surface area contributed by atoms with Crippen molar-refractivity contribution in [1.29, 1.82) is 0 Å². The smallest absolute Gasteiger partial charge is 0.407 e. The molecule has 0 saturated heterocycles. The Bertz CT molecular complexity index is 827. The average Bonchev–Trinajstić information content (AvgIpc) is 2.78. The molecule has 4 N–H and O–H groups in total. The zero-order valence-corrected chi connectivity index (χ0v) is 16.8. The fraction of sp³-hybridized carbons (Fsp3) is 0.318. The van der Waals surface area contributed by atoms with Crippen LogP contribution in [0.5, 0.6) is 0 Å². The molecule has 0 fully saturated rings. The average molecular weight is 413 g/mol. The molecule has 2 rings (SSSR count). The summed E-state index contributed by atoms with van der Waals surface area (Å²) in [5.74, 6) is -0.565. The molecule has 0 saturated carbocycles. The summed E-state index contributed by atoms with van der Waals surface area (Å²) in [6, 6.07) is 17.1. The van der Waals surface area contributed by atoms with Crippen LogP contribution < -0.4 is 16.4 Å². The highest BCUT2D eigenvalue weighted by molar-refractivity contribution is 5.77. The van der Waals surface area contributed by atoms with Crippen molar-refractivity contribution in [1.82, 2.24) is 10.6 Å². The summed E-state index contributed by atoms with van der Waals surface area (Å²) in [5.41, 5.74) is 8.07. The van der Waals surface area contributed by atoms with E-state index in [2.05, 4.69) is 10.6 Å². The molecule has 0 atom stereocenters. The van der Waals surface area contributed by atoms with Gasteiger partial charge in [0.05, 0.1) is 6.54 Å². The normalized spacial score (nSPS) is 10.2. The van der Waals surface area contributed by atoms with Crippen LogP contribution in [0.3, 0.4) is 0 Å². The summed E-state index contributed by atoms with van der Waals surface area (Å²) in [6.07, 6.45) is 0.283. The van der Waals surface area contributed by atoms with Crippen LogP contribution in [0.1, 0.15) is 23.1 Å². The fourth-order valence-corrected chi connectivity index (χ4v) is 2.60. The lowest BCUT2D eigenvalue weighted by Crippen LogP contribution is -2.29. The molecule has 2 amide bonds. The second-order valence-corrected chi connectivity index (χ2v) is 6.50. The van der Waals surface area contributed by atoms with Crippen molar-refractivity contribution in [2.75, 3.05) is 19.8 Å². The van der Waals surface area contributed by atoms with Gasteiger partial charge in [-0.05, 0) is 23.1 Å². The molecule has 0 aliphatic heterocycles. The summed E-state index contributed by atoms with van der Waals surface area (Å²) < 4.78 is 10.1. The quantitative estimate of drug-likeness (QED) is 0.381. The van der Waals surface area contributed by atoms with Gasteiger partial charge in [-0.25, -0.2) is 4.79 Å². The Morgan fingerprint density at radius 3 is 2.13 bits per heavy atom. The zero-order valence-electron chi connectivity index (χ0n) is 16.8. The SMILES string of the molecule is NCC(=O)NCc1cccc(CNC(=O)OCCOC(=O)CCc2ccccc2)c1. The van der Waals surface area contributed by atoms with E-state index in [1.807, 2.05) is 54.6 Å². The molecule has 0 spiro atoms. The molecule has 8 nitrogen and oxygen atoms in total. The lowest BCUT2D eigenvalue weighted by Gasteiger charge is -2.09. The fourth-order valence-electron chi connectivity index (χ4n) is 2.60. The van der Waals surface area contributed by atoms with Crippen LogP contribution in [0, 0.1) is 0 Å². The molecule has 0 radical (unpaired) electrons. The van der Waals surface area contributed by atoms with Crippen molar-refractivity contribution in [2.45, 2.75) is 25.9 Å². The highest BCUT2D eigenvalue weighted by Gasteiger charge is 2.06. The highest BCUT2D eigenvalue weighted by atomic mass is 16.6. The maximum Gasteiger partial charge on any atom is 0.407 e. The predicted octanol–water partition coefficient (Wildman–Crippen LogP) is 1.66. The number of esters is 1. The third kappa shape index (κ3) is 9.20. The van der Waals surface area contributed by atoms with E-state index in [4.69, 9.17) is 15.2 Å². The molecule has 0 unspecified atom stereocenters. The van der Waals surface area contributed by atoms with E-state index in [-0.39, 0.29) is 44.6 Å². The van der Waals surface area contributed by atoms with Gasteiger partial charge in [0.2, 0.25) is 5.91 Å². The van der Waals surface area contributed by atoms with Crippen molar-refractivity contribution < 1.29 is 23.9 Å². The second kappa shape index (κ2) is 12.9. The highest BCUT2D eigenvalue weighted by Crippen LogP contribution is 2.05. The van der Waals surface area contributed by atoms with Gasteiger partial charge in [0.15, 0.2) is 0 Å². The molecular weight excluding hydrogens is 386 g/mol. The molecule has 0 bridgehead atoms. The molecule has 2 aromatic carbocycles. The van der Waals surface area contributed by atoms with E-state index in [0.717, 1.165) is 16.7 Å². The van der Waals surface area contributed by atoms with Crippen molar-refractivity contribution in [3.63, 3.8) is 0 Å². The minimum Gasteiger partial charge on any atom is -0.462 e. The molecule has 0 heterocycles. The molecule has 30 heavy (non-hydrogen) atoms. The van der Waals surface area contributed by atoms with Gasteiger partial charge in [0.1, 0.15) is 13.2 Å². The number of hydrogen-bond acceptors (Lipinski definition) is 6. The largest absolute Gasteiger partial charge is 0.462 e. The van der Waals surface area contributed by atoms with Crippen molar-refractivity contribution in [3.05, 3.63) is 71.3 Å². The number of rotatable bonds is 11. The Balaban J connectivity index is 1.58. The van der Waals surface area contributed by atoms with Crippen molar-refractivity contribution in [3.8, 4) is 0 Å². The van der Waals surface area contributed by atoms with E-state index < -0.39 is 6.09 Å². The standard InChI is InChI=1S/C22H27N3O5/c23-14-20(26)24-15-18-7-4-8-19(13-18)16-25-22(28)30-12-11-29-21(27)10-9-17-5-2-1-3-6-17/h1-8,13H,9-12,14-16,23H2,(H,24,26)(H,25,28). The number of aryl methyl sites for hydroxylation is 1. The maximum atomic E-state index is 11.8. The lowest BCUT2D eigenvalue weighted by molar-refractivity contribution is -0.144. The number of carbonyl (C=O) groups excluding carboxylic acids is 3. The Hall–Kier alpha value is -3.39. The number of ether oxygens (including phenoxy) is 2. The number of nitrogens with two attached hydrogens (primary N) is 1. The first kappa shape index (κ1) is 22.9. The number of nitrogens with one attached hydrogen (secondary N) is 2. The molecule has 0 aliphatic carbocycles. The zero-order chi connectivity index (χ0) is 21.6. The van der Waals surface area contributed by atoms with Gasteiger partial charge in [0, 0.05) is 19.5 Å². The van der Waals surface area contributed by atoms with E-state index in [1.54, 1.807) is 0 Å². The van der Waals surface area contributed by atoms with Crippen LogP contribution in [0.15, 0.2) is 54.6 Å². The van der Waals surface area contributed by atoms with E-state index >= 15 is 0 Å². The van der Waals surface area contributed by atoms with Crippen LogP contribution in [0.2, 0.25) is 0 Å². The van der Waals surface area contributed by atoms with E-state index in [0.29, 0.717) is 13.0 Å². The molecular formula is C22H27N3O5. The lowest BCUT2D eigenvalue weighted by atomic mass is 10.1. The van der Waals surface area contributed by atoms with Crippen molar-refractivity contribution in [2.24, 2.45) is 5.73 Å². The third-order valence-electron chi connectivity index (χ3n) is 4.14. The van der Waals surface area contributed by atoms with Gasteiger partial charge >= 0.3 is 12.1 Å². The molecule has 0 aromatic heterocycles. The number of amides is 2. The van der Waals surface area contributed by atoms with Crippen LogP contribution >= 0.6 is 0 Å². The third-order valence-corrected chi connectivity index (χ3v) is 4.14. The number of hydrogen-bond donors (Lipinski definition) is 3. The number of carbonyl (C=O) groups is 3. The summed E-state index contributed by atoms with van der Waals surface area (Å²) in [5, 5.41) is 5.31. The Labute approximate surface area is 175 Å².